The monoisotopic (exact) mass is 429 g/mol. The van der Waals surface area contributed by atoms with E-state index in [4.69, 9.17) is 16.1 Å². The van der Waals surface area contributed by atoms with Crippen LogP contribution in [0.1, 0.15) is 36.3 Å². The van der Waals surface area contributed by atoms with Crippen molar-refractivity contribution >= 4 is 27.5 Å². The minimum Gasteiger partial charge on any atom is -0.361 e. The van der Waals surface area contributed by atoms with E-state index in [-0.39, 0.29) is 17.4 Å². The maximum atomic E-state index is 14.0. The molecule has 0 spiro atoms. The fourth-order valence-corrected chi connectivity index (χ4v) is 4.85. The van der Waals surface area contributed by atoms with Crippen molar-refractivity contribution in [2.75, 3.05) is 6.54 Å². The minimum absolute atomic E-state index is 0.0735. The molecule has 28 heavy (non-hydrogen) atoms. The highest BCUT2D eigenvalue weighted by atomic mass is 35.5. The number of likely N-dealkylation sites (tertiary alicyclic amines) is 1. The molecule has 2 aromatic rings. The highest BCUT2D eigenvalue weighted by molar-refractivity contribution is 7.89. The zero-order chi connectivity index (χ0) is 20.5. The van der Waals surface area contributed by atoms with Crippen molar-refractivity contribution < 1.29 is 22.1 Å². The van der Waals surface area contributed by atoms with Crippen LogP contribution in [-0.4, -0.2) is 37.0 Å². The zero-order valence-corrected chi connectivity index (χ0v) is 17.1. The van der Waals surface area contributed by atoms with Gasteiger partial charge in [-0.25, -0.2) is 17.5 Å². The van der Waals surface area contributed by atoms with E-state index in [1.54, 1.807) is 11.8 Å². The quantitative estimate of drug-likeness (QED) is 0.788. The van der Waals surface area contributed by atoms with E-state index in [0.717, 1.165) is 23.4 Å². The topological polar surface area (TPSA) is 92.5 Å². The van der Waals surface area contributed by atoms with Crippen LogP contribution in [-0.2, 0) is 21.4 Å². The van der Waals surface area contributed by atoms with Gasteiger partial charge < -0.3 is 9.42 Å². The number of nitrogens with zero attached hydrogens (tertiary/aromatic N) is 2. The number of aromatic nitrogens is 1. The first kappa shape index (κ1) is 20.8. The number of sulfonamides is 1. The first-order chi connectivity index (χ1) is 13.2. The number of carbonyl (C=O) groups is 1. The van der Waals surface area contributed by atoms with Crippen LogP contribution in [0.15, 0.2) is 27.6 Å². The van der Waals surface area contributed by atoms with Gasteiger partial charge in [-0.2, -0.15) is 0 Å². The summed E-state index contributed by atoms with van der Waals surface area (Å²) in [4.78, 5) is 13.6. The second-order valence-corrected chi connectivity index (χ2v) is 8.96. The van der Waals surface area contributed by atoms with E-state index in [0.29, 0.717) is 31.7 Å². The summed E-state index contributed by atoms with van der Waals surface area (Å²) < 4.78 is 46.7. The molecule has 2 heterocycles. The van der Waals surface area contributed by atoms with Gasteiger partial charge in [0.05, 0.1) is 12.2 Å². The third-order valence-corrected chi connectivity index (χ3v) is 6.61. The third-order valence-electron chi connectivity index (χ3n) is 4.84. The average Bonchev–Trinajstić information content (AvgIpc) is 2.84. The van der Waals surface area contributed by atoms with Gasteiger partial charge in [-0.15, -0.1) is 0 Å². The third kappa shape index (κ3) is 4.53. The van der Waals surface area contributed by atoms with Crippen LogP contribution >= 0.6 is 11.6 Å². The minimum atomic E-state index is -4.09. The molecule has 0 radical (unpaired) electrons. The number of amides is 1. The van der Waals surface area contributed by atoms with Crippen LogP contribution in [0.2, 0.25) is 5.02 Å². The number of hydrogen-bond acceptors (Lipinski definition) is 5. The number of benzene rings is 1. The van der Waals surface area contributed by atoms with Gasteiger partial charge in [0.15, 0.2) is 0 Å². The van der Waals surface area contributed by atoms with Crippen molar-refractivity contribution in [3.05, 3.63) is 46.1 Å². The van der Waals surface area contributed by atoms with E-state index in [9.17, 15) is 17.6 Å². The molecule has 1 aliphatic heterocycles. The second kappa shape index (κ2) is 8.18. The summed E-state index contributed by atoms with van der Waals surface area (Å²) in [6.45, 7) is 4.33. The zero-order valence-electron chi connectivity index (χ0n) is 15.5. The lowest BCUT2D eigenvalue weighted by molar-refractivity contribution is -0.131. The summed E-state index contributed by atoms with van der Waals surface area (Å²) in [7, 11) is -4.09. The molecule has 1 unspecified atom stereocenters. The molecule has 0 saturated carbocycles. The highest BCUT2D eigenvalue weighted by Crippen LogP contribution is 2.23. The van der Waals surface area contributed by atoms with Crippen LogP contribution in [0.4, 0.5) is 4.39 Å². The molecular formula is C18H21ClFN3O4S. The molecule has 1 aromatic heterocycles. The Hall–Kier alpha value is -1.97. The van der Waals surface area contributed by atoms with Crippen LogP contribution < -0.4 is 4.72 Å². The van der Waals surface area contributed by atoms with Crippen molar-refractivity contribution in [3.63, 3.8) is 0 Å². The summed E-state index contributed by atoms with van der Waals surface area (Å²) in [5.41, 5.74) is 1.58. The summed E-state index contributed by atoms with van der Waals surface area (Å²) in [5.74, 6) is -0.291. The van der Waals surface area contributed by atoms with Crippen molar-refractivity contribution in [2.24, 2.45) is 0 Å². The van der Waals surface area contributed by atoms with Crippen LogP contribution in [0, 0.1) is 19.7 Å². The average molecular weight is 430 g/mol. The lowest BCUT2D eigenvalue weighted by Gasteiger charge is -2.21. The van der Waals surface area contributed by atoms with Gasteiger partial charge >= 0.3 is 0 Å². The molecule has 1 aliphatic rings. The molecule has 1 aromatic carbocycles. The van der Waals surface area contributed by atoms with E-state index in [1.165, 1.54) is 6.07 Å². The van der Waals surface area contributed by atoms with Crippen molar-refractivity contribution in [1.29, 1.82) is 0 Å². The van der Waals surface area contributed by atoms with Gasteiger partial charge in [-0.1, -0.05) is 16.8 Å². The smallest absolute Gasteiger partial charge is 0.243 e. The molecule has 1 atom stereocenters. The first-order valence-electron chi connectivity index (χ1n) is 8.84. The lowest BCUT2D eigenvalue weighted by atomic mass is 10.1. The molecule has 1 fully saturated rings. The Bertz CT molecular complexity index is 973. The molecular weight excluding hydrogens is 409 g/mol. The maximum Gasteiger partial charge on any atom is 0.243 e. The van der Waals surface area contributed by atoms with E-state index in [1.807, 2.05) is 6.92 Å². The summed E-state index contributed by atoms with van der Waals surface area (Å²) in [6.07, 6.45) is 0.934. The van der Waals surface area contributed by atoms with Crippen LogP contribution in [0.5, 0.6) is 0 Å². The summed E-state index contributed by atoms with van der Waals surface area (Å²) in [5, 5.41) is 4.02. The molecule has 152 valence electrons. The Morgan fingerprint density at radius 1 is 1.36 bits per heavy atom. The number of hydrogen-bond donors (Lipinski definition) is 1. The molecule has 7 nitrogen and oxygen atoms in total. The fraction of sp³-hybridized carbons (Fsp3) is 0.444. The van der Waals surface area contributed by atoms with Crippen molar-refractivity contribution in [1.82, 2.24) is 14.8 Å². The highest BCUT2D eigenvalue weighted by Gasteiger charge is 2.28. The van der Waals surface area contributed by atoms with Gasteiger partial charge in [0, 0.05) is 29.6 Å². The Morgan fingerprint density at radius 2 is 2.11 bits per heavy atom. The van der Waals surface area contributed by atoms with Gasteiger partial charge in [0.25, 0.3) is 0 Å². The molecule has 3 rings (SSSR count). The molecule has 0 bridgehead atoms. The predicted octanol–water partition coefficient (Wildman–Crippen LogP) is 2.94. The number of carbonyl (C=O) groups excluding carboxylic acids is 1. The van der Waals surface area contributed by atoms with Gasteiger partial charge in [-0.05, 0) is 44.9 Å². The first-order valence-corrected chi connectivity index (χ1v) is 10.7. The fourth-order valence-electron chi connectivity index (χ4n) is 3.21. The van der Waals surface area contributed by atoms with E-state index < -0.39 is 26.8 Å². The van der Waals surface area contributed by atoms with Crippen LogP contribution in [0.3, 0.4) is 0 Å². The molecule has 1 N–H and O–H groups in total. The number of nitrogens with one attached hydrogen (secondary N) is 1. The van der Waals surface area contributed by atoms with Crippen LogP contribution in [0.25, 0.3) is 0 Å². The number of rotatable bonds is 5. The Kier molecular flexibility index (Phi) is 6.07. The largest absolute Gasteiger partial charge is 0.361 e. The van der Waals surface area contributed by atoms with Crippen molar-refractivity contribution in [3.8, 4) is 0 Å². The Balaban J connectivity index is 1.71. The number of halogens is 2. The van der Waals surface area contributed by atoms with Gasteiger partial charge in [0.2, 0.25) is 15.9 Å². The van der Waals surface area contributed by atoms with Crippen molar-refractivity contribution in [2.45, 2.75) is 50.6 Å². The molecule has 1 amide bonds. The maximum absolute atomic E-state index is 14.0. The normalized spacial score (nSPS) is 18.4. The van der Waals surface area contributed by atoms with Gasteiger partial charge in [-0.3, -0.25) is 4.79 Å². The van der Waals surface area contributed by atoms with E-state index in [2.05, 4.69) is 9.88 Å². The molecule has 10 heteroatoms. The summed E-state index contributed by atoms with van der Waals surface area (Å²) in [6, 6.07) is 2.89. The Labute approximate surface area is 167 Å². The Morgan fingerprint density at radius 3 is 2.79 bits per heavy atom. The lowest BCUT2D eigenvalue weighted by Crippen LogP contribution is -2.36. The number of aryl methyl sites for hydroxylation is 2. The second-order valence-electron chi connectivity index (χ2n) is 6.84. The molecule has 1 saturated heterocycles. The van der Waals surface area contributed by atoms with E-state index >= 15 is 0 Å². The molecule has 0 aliphatic carbocycles. The summed E-state index contributed by atoms with van der Waals surface area (Å²) >= 11 is 5.80. The van der Waals surface area contributed by atoms with Gasteiger partial charge in [0.1, 0.15) is 16.5 Å². The SMILES string of the molecule is Cc1noc(C)c1CN1CCC(NS(=O)(=O)c2cc(Cl)ccc2F)CCC1=O. The predicted molar refractivity (Wildman–Crippen MR) is 101 cm³/mol. The standard InChI is InChI=1S/C18H21ClFN3O4S/c1-11-15(12(2)27-21-11)10-23-8-7-14(4-6-18(23)24)22-28(25,26)17-9-13(19)3-5-16(17)20/h3,5,9,14,22H,4,6-8,10H2,1-2H3.